The predicted molar refractivity (Wildman–Crippen MR) is 55.5 cm³/mol. The Kier molecular flexibility index (Phi) is 1.62. The van der Waals surface area contributed by atoms with Gasteiger partial charge in [0.05, 0.1) is 5.69 Å². The van der Waals surface area contributed by atoms with E-state index in [0.717, 1.165) is 25.9 Å². The monoisotopic (exact) mass is 192 g/mol. The van der Waals surface area contributed by atoms with Gasteiger partial charge in [0, 0.05) is 32.6 Å². The van der Waals surface area contributed by atoms with E-state index in [-0.39, 0.29) is 6.04 Å². The van der Waals surface area contributed by atoms with Crippen LogP contribution >= 0.6 is 0 Å². The Balaban J connectivity index is 2.10. The number of hydrogen-bond acceptors (Lipinski definition) is 3. The minimum absolute atomic E-state index is 0.276. The third-order valence-corrected chi connectivity index (χ3v) is 3.22. The van der Waals surface area contributed by atoms with E-state index >= 15 is 0 Å². The Morgan fingerprint density at radius 2 is 2.36 bits per heavy atom. The highest BCUT2D eigenvalue weighted by Gasteiger charge is 2.28. The molecule has 0 aromatic carbocycles. The zero-order chi connectivity index (χ0) is 9.71. The zero-order valence-corrected chi connectivity index (χ0v) is 8.53. The van der Waals surface area contributed by atoms with Crippen molar-refractivity contribution in [2.75, 3.05) is 18.5 Å². The fourth-order valence-electron chi connectivity index (χ4n) is 2.61. The van der Waals surface area contributed by atoms with Crippen LogP contribution in [0.4, 0.5) is 5.82 Å². The quantitative estimate of drug-likeness (QED) is 0.636. The Bertz CT molecular complexity index is 368. The Morgan fingerprint density at radius 1 is 1.50 bits per heavy atom. The number of anilines is 1. The fourth-order valence-corrected chi connectivity index (χ4v) is 2.61. The molecule has 76 valence electrons. The van der Waals surface area contributed by atoms with Crippen LogP contribution < -0.4 is 10.6 Å². The number of aromatic nitrogens is 2. The van der Waals surface area contributed by atoms with Gasteiger partial charge in [-0.05, 0) is 12.8 Å². The van der Waals surface area contributed by atoms with E-state index in [0.29, 0.717) is 0 Å². The highest BCUT2D eigenvalue weighted by Crippen LogP contribution is 2.30. The number of nitrogens with zero attached hydrogens (tertiary/aromatic N) is 3. The fraction of sp³-hybridized carbons (Fsp3) is 0.700. The molecule has 2 aliphatic rings. The summed E-state index contributed by atoms with van der Waals surface area (Å²) in [4.78, 5) is 6.99. The first kappa shape index (κ1) is 8.29. The molecule has 2 aliphatic heterocycles. The third kappa shape index (κ3) is 1.00. The number of imidazole rings is 1. The first-order chi connectivity index (χ1) is 6.75. The van der Waals surface area contributed by atoms with Crippen LogP contribution in [0.3, 0.4) is 0 Å². The van der Waals surface area contributed by atoms with Crippen molar-refractivity contribution < 1.29 is 0 Å². The summed E-state index contributed by atoms with van der Waals surface area (Å²) >= 11 is 0. The largest absolute Gasteiger partial charge is 0.360 e. The van der Waals surface area contributed by atoms with Gasteiger partial charge in [-0.1, -0.05) is 0 Å². The van der Waals surface area contributed by atoms with E-state index in [1.54, 1.807) is 0 Å². The molecule has 0 saturated heterocycles. The molecule has 2 N–H and O–H groups in total. The van der Waals surface area contributed by atoms with Crippen molar-refractivity contribution in [1.29, 1.82) is 0 Å². The number of rotatable bonds is 0. The normalized spacial score (nSPS) is 25.0. The Hall–Kier alpha value is -1.03. The second-order valence-electron chi connectivity index (χ2n) is 4.40. The minimum Gasteiger partial charge on any atom is -0.360 e. The SMILES string of the molecule is CN1CCCc2nc3n(c21)CC(N)C3. The second-order valence-corrected chi connectivity index (χ2v) is 4.40. The topological polar surface area (TPSA) is 47.1 Å². The van der Waals surface area contributed by atoms with Gasteiger partial charge in [0.2, 0.25) is 0 Å². The van der Waals surface area contributed by atoms with Crippen LogP contribution in [0.2, 0.25) is 0 Å². The molecule has 4 heteroatoms. The van der Waals surface area contributed by atoms with E-state index in [4.69, 9.17) is 5.73 Å². The molecule has 0 aliphatic carbocycles. The molecule has 3 heterocycles. The molecule has 3 rings (SSSR count). The van der Waals surface area contributed by atoms with E-state index in [9.17, 15) is 0 Å². The third-order valence-electron chi connectivity index (χ3n) is 3.22. The lowest BCUT2D eigenvalue weighted by Crippen LogP contribution is -2.28. The molecule has 0 saturated carbocycles. The average Bonchev–Trinajstić information content (AvgIpc) is 2.60. The summed E-state index contributed by atoms with van der Waals surface area (Å²) in [6, 6.07) is 0.276. The summed E-state index contributed by atoms with van der Waals surface area (Å²) in [5.41, 5.74) is 7.21. The minimum atomic E-state index is 0.276. The summed E-state index contributed by atoms with van der Waals surface area (Å²) in [5, 5.41) is 0. The van der Waals surface area contributed by atoms with Crippen LogP contribution in [0, 0.1) is 0 Å². The van der Waals surface area contributed by atoms with Gasteiger partial charge in [-0.3, -0.25) is 0 Å². The highest BCUT2D eigenvalue weighted by atomic mass is 15.3. The molecule has 1 unspecified atom stereocenters. The molecule has 1 atom stereocenters. The van der Waals surface area contributed by atoms with Gasteiger partial charge in [0.1, 0.15) is 11.6 Å². The Morgan fingerprint density at radius 3 is 3.21 bits per heavy atom. The van der Waals surface area contributed by atoms with E-state index in [1.807, 2.05) is 0 Å². The van der Waals surface area contributed by atoms with Crippen LogP contribution in [0.25, 0.3) is 0 Å². The molecule has 0 fully saturated rings. The smallest absolute Gasteiger partial charge is 0.131 e. The molecule has 0 spiro atoms. The maximum Gasteiger partial charge on any atom is 0.131 e. The molecule has 4 nitrogen and oxygen atoms in total. The second kappa shape index (κ2) is 2.73. The lowest BCUT2D eigenvalue weighted by atomic mass is 10.1. The van der Waals surface area contributed by atoms with Crippen LogP contribution in [-0.4, -0.2) is 29.2 Å². The Labute approximate surface area is 83.7 Å². The average molecular weight is 192 g/mol. The van der Waals surface area contributed by atoms with Gasteiger partial charge in [0.15, 0.2) is 0 Å². The van der Waals surface area contributed by atoms with Gasteiger partial charge in [-0.25, -0.2) is 4.98 Å². The maximum absolute atomic E-state index is 5.93. The highest BCUT2D eigenvalue weighted by molar-refractivity contribution is 5.49. The van der Waals surface area contributed by atoms with E-state index in [1.165, 1.54) is 23.8 Å². The first-order valence-electron chi connectivity index (χ1n) is 5.30. The first-order valence-corrected chi connectivity index (χ1v) is 5.30. The summed E-state index contributed by atoms with van der Waals surface area (Å²) in [6.45, 7) is 2.09. The van der Waals surface area contributed by atoms with E-state index in [2.05, 4.69) is 21.5 Å². The van der Waals surface area contributed by atoms with Crippen molar-refractivity contribution >= 4 is 5.82 Å². The van der Waals surface area contributed by atoms with E-state index < -0.39 is 0 Å². The predicted octanol–water partition coefficient (Wildman–Crippen LogP) is 0.149. The summed E-state index contributed by atoms with van der Waals surface area (Å²) in [7, 11) is 2.15. The summed E-state index contributed by atoms with van der Waals surface area (Å²) < 4.78 is 2.30. The lowest BCUT2D eigenvalue weighted by Gasteiger charge is -2.25. The molecule has 0 bridgehead atoms. The van der Waals surface area contributed by atoms with Gasteiger partial charge in [0.25, 0.3) is 0 Å². The van der Waals surface area contributed by atoms with Crippen LogP contribution in [-0.2, 0) is 19.4 Å². The number of aryl methyl sites for hydroxylation is 1. The zero-order valence-electron chi connectivity index (χ0n) is 8.53. The molecule has 14 heavy (non-hydrogen) atoms. The van der Waals surface area contributed by atoms with Gasteiger partial charge >= 0.3 is 0 Å². The van der Waals surface area contributed by atoms with Gasteiger partial charge < -0.3 is 15.2 Å². The molecule has 0 radical (unpaired) electrons. The van der Waals surface area contributed by atoms with Gasteiger partial charge in [-0.15, -0.1) is 0 Å². The van der Waals surface area contributed by atoms with Crippen molar-refractivity contribution in [1.82, 2.24) is 9.55 Å². The number of fused-ring (bicyclic) bond motifs is 3. The summed E-state index contributed by atoms with van der Waals surface area (Å²) in [5.74, 6) is 2.51. The molecule has 1 aromatic rings. The lowest BCUT2D eigenvalue weighted by molar-refractivity contribution is 0.618. The molecular weight excluding hydrogens is 176 g/mol. The summed E-state index contributed by atoms with van der Waals surface area (Å²) in [6.07, 6.45) is 3.31. The van der Waals surface area contributed by atoms with Crippen molar-refractivity contribution in [3.8, 4) is 0 Å². The standard InChI is InChI=1S/C10H16N4/c1-13-4-2-3-8-10(13)14-6-7(11)5-9(14)12-8/h7H,2-6,11H2,1H3. The maximum atomic E-state index is 5.93. The van der Waals surface area contributed by atoms with Crippen LogP contribution in [0.5, 0.6) is 0 Å². The van der Waals surface area contributed by atoms with Crippen molar-refractivity contribution in [3.63, 3.8) is 0 Å². The molecule has 0 amide bonds. The number of nitrogens with two attached hydrogens (primary N) is 1. The van der Waals surface area contributed by atoms with Crippen LogP contribution in [0.15, 0.2) is 0 Å². The van der Waals surface area contributed by atoms with Crippen molar-refractivity contribution in [3.05, 3.63) is 11.5 Å². The van der Waals surface area contributed by atoms with Crippen molar-refractivity contribution in [2.24, 2.45) is 5.73 Å². The van der Waals surface area contributed by atoms with Crippen molar-refractivity contribution in [2.45, 2.75) is 31.8 Å². The van der Waals surface area contributed by atoms with Crippen LogP contribution in [0.1, 0.15) is 17.9 Å². The number of hydrogen-bond donors (Lipinski definition) is 1. The van der Waals surface area contributed by atoms with Gasteiger partial charge in [-0.2, -0.15) is 0 Å². The molecular formula is C10H16N4. The molecule has 1 aromatic heterocycles.